The molecule has 0 N–H and O–H groups in total. The van der Waals surface area contributed by atoms with Crippen LogP contribution in [0, 0.1) is 18.3 Å². The minimum absolute atomic E-state index is 0.0297. The minimum atomic E-state index is -2.55. The number of aromatic nitrogens is 1. The average molecular weight is 261 g/mol. The number of rotatable bonds is 2. The van der Waals surface area contributed by atoms with Crippen LogP contribution in [0.2, 0.25) is 0 Å². The Bertz CT molecular complexity index is 385. The Morgan fingerprint density at radius 3 is 2.79 bits per heavy atom. The van der Waals surface area contributed by atoms with Gasteiger partial charge in [0.2, 0.25) is 0 Å². The Morgan fingerprint density at radius 2 is 2.29 bits per heavy atom. The largest absolute Gasteiger partial charge is 0.265 e. The van der Waals surface area contributed by atoms with Crippen molar-refractivity contribution in [2.24, 2.45) is 0 Å². The Balaban J connectivity index is 3.26. The van der Waals surface area contributed by atoms with E-state index in [1.807, 2.05) is 6.07 Å². The maximum absolute atomic E-state index is 12.5. The van der Waals surface area contributed by atoms with E-state index in [0.29, 0.717) is 11.4 Å². The summed E-state index contributed by atoms with van der Waals surface area (Å²) >= 11 is 3.02. The number of nitriles is 1. The van der Waals surface area contributed by atoms with Crippen LogP contribution in [0.1, 0.15) is 23.4 Å². The third kappa shape index (κ3) is 2.26. The van der Waals surface area contributed by atoms with Crippen LogP contribution < -0.4 is 0 Å². The molecule has 0 unspecified atom stereocenters. The molecule has 0 atom stereocenters. The van der Waals surface area contributed by atoms with Crippen LogP contribution in [-0.2, 0) is 6.42 Å². The Kier molecular flexibility index (Phi) is 3.53. The molecule has 0 saturated carbocycles. The molecular formula is C9H7BrF2N2. The van der Waals surface area contributed by atoms with Crippen molar-refractivity contribution in [1.29, 1.82) is 5.26 Å². The molecule has 0 aliphatic rings. The second-order valence-electron chi connectivity index (χ2n) is 2.75. The Labute approximate surface area is 88.7 Å². The van der Waals surface area contributed by atoms with Gasteiger partial charge < -0.3 is 0 Å². The first-order valence-corrected chi connectivity index (χ1v) is 4.66. The highest BCUT2D eigenvalue weighted by Gasteiger charge is 2.16. The van der Waals surface area contributed by atoms with Crippen LogP contribution in [0.3, 0.4) is 0 Å². The lowest BCUT2D eigenvalue weighted by Gasteiger charge is -2.07. The summed E-state index contributed by atoms with van der Waals surface area (Å²) in [5.74, 6) is 0. The third-order valence-corrected chi connectivity index (χ3v) is 2.58. The fraction of sp³-hybridized carbons (Fsp3) is 0.333. The Morgan fingerprint density at radius 1 is 1.64 bits per heavy atom. The second-order valence-corrected chi connectivity index (χ2v) is 3.54. The molecule has 2 nitrogen and oxygen atoms in total. The smallest absolute Gasteiger partial charge is 0.256 e. The summed E-state index contributed by atoms with van der Waals surface area (Å²) in [6, 6.07) is 3.20. The van der Waals surface area contributed by atoms with Crippen LogP contribution in [0.4, 0.5) is 8.78 Å². The first-order chi connectivity index (χ1) is 6.56. The summed E-state index contributed by atoms with van der Waals surface area (Å²) in [7, 11) is 0. The van der Waals surface area contributed by atoms with Gasteiger partial charge in [-0.05, 0) is 28.9 Å². The summed E-state index contributed by atoms with van der Waals surface area (Å²) in [6.07, 6.45) is -2.52. The summed E-state index contributed by atoms with van der Waals surface area (Å²) in [4.78, 5) is 4.00. The van der Waals surface area contributed by atoms with Crippen molar-refractivity contribution in [1.82, 2.24) is 4.98 Å². The van der Waals surface area contributed by atoms with Gasteiger partial charge in [0.1, 0.15) is 0 Å². The van der Waals surface area contributed by atoms with Gasteiger partial charge in [-0.1, -0.05) is 0 Å². The molecule has 0 spiro atoms. The molecule has 0 radical (unpaired) electrons. The van der Waals surface area contributed by atoms with Crippen LogP contribution in [0.5, 0.6) is 0 Å². The normalized spacial score (nSPS) is 10.3. The van der Waals surface area contributed by atoms with Crippen LogP contribution in [0.15, 0.2) is 10.5 Å². The number of aryl methyl sites for hydroxylation is 1. The van der Waals surface area contributed by atoms with Crippen LogP contribution >= 0.6 is 15.9 Å². The van der Waals surface area contributed by atoms with Gasteiger partial charge in [-0.2, -0.15) is 5.26 Å². The number of hydrogen-bond donors (Lipinski definition) is 0. The lowest BCUT2D eigenvalue weighted by Crippen LogP contribution is -1.98. The lowest BCUT2D eigenvalue weighted by atomic mass is 10.2. The van der Waals surface area contributed by atoms with Crippen molar-refractivity contribution in [3.8, 4) is 6.07 Å². The zero-order valence-electron chi connectivity index (χ0n) is 7.39. The topological polar surface area (TPSA) is 36.7 Å². The van der Waals surface area contributed by atoms with E-state index in [-0.39, 0.29) is 16.5 Å². The van der Waals surface area contributed by atoms with Gasteiger partial charge in [-0.3, -0.25) is 4.98 Å². The van der Waals surface area contributed by atoms with Crippen LogP contribution in [-0.4, -0.2) is 4.98 Å². The molecule has 14 heavy (non-hydrogen) atoms. The molecule has 1 aromatic rings. The zero-order chi connectivity index (χ0) is 10.7. The van der Waals surface area contributed by atoms with Crippen molar-refractivity contribution in [2.45, 2.75) is 19.8 Å². The van der Waals surface area contributed by atoms with Gasteiger partial charge in [0, 0.05) is 15.7 Å². The molecule has 0 aromatic carbocycles. The zero-order valence-corrected chi connectivity index (χ0v) is 8.98. The minimum Gasteiger partial charge on any atom is -0.256 e. The number of pyridine rings is 1. The first-order valence-electron chi connectivity index (χ1n) is 3.87. The van der Waals surface area contributed by atoms with Crippen molar-refractivity contribution in [3.05, 3.63) is 27.5 Å². The summed E-state index contributed by atoms with van der Waals surface area (Å²) in [5, 5.41) is 8.47. The van der Waals surface area contributed by atoms with Gasteiger partial charge in [0.15, 0.2) is 0 Å². The molecule has 0 bridgehead atoms. The number of halogens is 3. The monoisotopic (exact) mass is 260 g/mol. The predicted molar refractivity (Wildman–Crippen MR) is 50.9 cm³/mol. The van der Waals surface area contributed by atoms with Crippen molar-refractivity contribution < 1.29 is 8.78 Å². The lowest BCUT2D eigenvalue weighted by molar-refractivity contribution is 0.150. The molecule has 0 aliphatic carbocycles. The first kappa shape index (κ1) is 11.1. The van der Waals surface area contributed by atoms with Gasteiger partial charge in [-0.25, -0.2) is 8.78 Å². The molecule has 74 valence electrons. The summed E-state index contributed by atoms with van der Waals surface area (Å²) < 4.78 is 25.2. The van der Waals surface area contributed by atoms with Crippen molar-refractivity contribution in [3.63, 3.8) is 0 Å². The highest BCUT2D eigenvalue weighted by atomic mass is 79.9. The van der Waals surface area contributed by atoms with E-state index < -0.39 is 6.43 Å². The van der Waals surface area contributed by atoms with E-state index in [0.717, 1.165) is 0 Å². The number of alkyl halides is 2. The van der Waals surface area contributed by atoms with Gasteiger partial charge in [0.05, 0.1) is 18.2 Å². The molecular weight excluding hydrogens is 254 g/mol. The maximum Gasteiger partial charge on any atom is 0.265 e. The van der Waals surface area contributed by atoms with Gasteiger partial charge in [-0.15, -0.1) is 0 Å². The van der Waals surface area contributed by atoms with E-state index in [4.69, 9.17) is 5.26 Å². The van der Waals surface area contributed by atoms with E-state index >= 15 is 0 Å². The molecule has 5 heteroatoms. The van der Waals surface area contributed by atoms with Crippen molar-refractivity contribution >= 4 is 15.9 Å². The fourth-order valence-electron chi connectivity index (χ4n) is 1.10. The molecule has 0 saturated heterocycles. The van der Waals surface area contributed by atoms with Crippen molar-refractivity contribution in [2.75, 3.05) is 0 Å². The SMILES string of the molecule is Cc1cc(C(F)F)c(Br)c(CC#N)n1. The molecule has 1 rings (SSSR count). The van der Waals surface area contributed by atoms with E-state index in [1.54, 1.807) is 6.92 Å². The standard InChI is InChI=1S/C9H7BrF2N2/c1-5-4-6(9(11)12)8(10)7(14-5)2-3-13/h4,9H,2H2,1H3. The second kappa shape index (κ2) is 4.47. The fourth-order valence-corrected chi connectivity index (χ4v) is 1.62. The predicted octanol–water partition coefficient (Wildman–Crippen LogP) is 3.16. The molecule has 0 amide bonds. The maximum atomic E-state index is 12.5. The molecule has 1 heterocycles. The molecule has 1 aromatic heterocycles. The van der Waals surface area contributed by atoms with E-state index in [9.17, 15) is 8.78 Å². The van der Waals surface area contributed by atoms with E-state index in [1.165, 1.54) is 6.07 Å². The van der Waals surface area contributed by atoms with Gasteiger partial charge in [0.25, 0.3) is 6.43 Å². The average Bonchev–Trinajstić information content (AvgIpc) is 2.10. The number of nitrogens with zero attached hydrogens (tertiary/aromatic N) is 2. The highest BCUT2D eigenvalue weighted by Crippen LogP contribution is 2.30. The summed E-state index contributed by atoms with van der Waals surface area (Å²) in [6.45, 7) is 1.62. The quantitative estimate of drug-likeness (QED) is 0.819. The van der Waals surface area contributed by atoms with Crippen LogP contribution in [0.25, 0.3) is 0 Å². The number of hydrogen-bond acceptors (Lipinski definition) is 2. The molecule has 0 fully saturated rings. The van der Waals surface area contributed by atoms with E-state index in [2.05, 4.69) is 20.9 Å². The molecule has 0 aliphatic heterocycles. The van der Waals surface area contributed by atoms with Gasteiger partial charge >= 0.3 is 0 Å². The Hall–Kier alpha value is -1.02. The highest BCUT2D eigenvalue weighted by molar-refractivity contribution is 9.10. The third-order valence-electron chi connectivity index (χ3n) is 1.66. The summed E-state index contributed by atoms with van der Waals surface area (Å²) in [5.41, 5.74) is 0.749.